The van der Waals surface area contributed by atoms with E-state index in [1.165, 1.54) is 11.8 Å². The molecule has 1 aliphatic rings. The molecule has 6 nitrogen and oxygen atoms in total. The molecule has 0 fully saturated rings. The van der Waals surface area contributed by atoms with E-state index in [1.54, 1.807) is 17.0 Å². The molecule has 0 saturated heterocycles. The zero-order valence-corrected chi connectivity index (χ0v) is 12.8. The Morgan fingerprint density at radius 3 is 2.82 bits per heavy atom. The molecule has 0 unspecified atom stereocenters. The van der Waals surface area contributed by atoms with Gasteiger partial charge in [-0.25, -0.2) is 4.79 Å². The topological polar surface area (TPSA) is 90.9 Å². The first-order valence-electron chi connectivity index (χ1n) is 7.08. The number of hydrogen-bond acceptors (Lipinski definition) is 5. The second-order valence-electron chi connectivity index (χ2n) is 5.17. The summed E-state index contributed by atoms with van der Waals surface area (Å²) < 4.78 is 1.73. The van der Waals surface area contributed by atoms with E-state index in [0.29, 0.717) is 11.6 Å². The van der Waals surface area contributed by atoms with Crippen LogP contribution in [0.25, 0.3) is 0 Å². The van der Waals surface area contributed by atoms with Crippen molar-refractivity contribution in [1.29, 1.82) is 0 Å². The Kier molecular flexibility index (Phi) is 4.24. The van der Waals surface area contributed by atoms with Crippen LogP contribution in [0.4, 0.5) is 0 Å². The van der Waals surface area contributed by atoms with Crippen LogP contribution in [0, 0.1) is 0 Å². The molecule has 0 spiro atoms. The molecule has 0 radical (unpaired) electrons. The maximum atomic E-state index is 12.4. The third kappa shape index (κ3) is 3.04. The van der Waals surface area contributed by atoms with Crippen LogP contribution in [-0.4, -0.2) is 26.2 Å². The van der Waals surface area contributed by atoms with Crippen molar-refractivity contribution in [2.75, 3.05) is 5.75 Å². The Morgan fingerprint density at radius 2 is 2.09 bits per heavy atom. The molecule has 3 rings (SSSR count). The number of pyridine rings is 1. The zero-order chi connectivity index (χ0) is 15.5. The first kappa shape index (κ1) is 14.8. The highest BCUT2D eigenvalue weighted by atomic mass is 32.2. The summed E-state index contributed by atoms with van der Waals surface area (Å²) in [5, 5.41) is 0.655. The van der Waals surface area contributed by atoms with Crippen molar-refractivity contribution in [2.45, 2.75) is 30.8 Å². The molecule has 1 amide bonds. The van der Waals surface area contributed by atoms with Gasteiger partial charge in [0.15, 0.2) is 0 Å². The van der Waals surface area contributed by atoms with Crippen LogP contribution in [0.2, 0.25) is 0 Å². The molecule has 2 N–H and O–H groups in total. The Bertz CT molecular complexity index is 758. The van der Waals surface area contributed by atoms with Crippen LogP contribution in [0.15, 0.2) is 34.3 Å². The predicted octanol–water partition coefficient (Wildman–Crippen LogP) is 0.753. The van der Waals surface area contributed by atoms with Gasteiger partial charge in [0.25, 0.3) is 0 Å². The Hall–Kier alpha value is -2.15. The third-order valence-electron chi connectivity index (χ3n) is 3.64. The molecule has 0 aromatic carbocycles. The summed E-state index contributed by atoms with van der Waals surface area (Å²) in [7, 11) is 0. The van der Waals surface area contributed by atoms with Gasteiger partial charge >= 0.3 is 5.69 Å². The number of amides is 1. The fourth-order valence-electron chi connectivity index (χ4n) is 2.68. The second kappa shape index (κ2) is 6.31. The van der Waals surface area contributed by atoms with E-state index in [4.69, 9.17) is 5.73 Å². The number of nitrogens with zero attached hydrogens (tertiary/aromatic N) is 3. The number of nitrogens with two attached hydrogens (primary N) is 1. The number of hydrogen-bond donors (Lipinski definition) is 1. The van der Waals surface area contributed by atoms with Crippen molar-refractivity contribution in [3.63, 3.8) is 0 Å². The van der Waals surface area contributed by atoms with E-state index in [2.05, 4.69) is 9.97 Å². The van der Waals surface area contributed by atoms with Crippen LogP contribution >= 0.6 is 11.8 Å². The van der Waals surface area contributed by atoms with Crippen molar-refractivity contribution >= 4 is 17.7 Å². The summed E-state index contributed by atoms with van der Waals surface area (Å²) in [5.74, 6) is -0.257. The number of thioether (sulfide) groups is 1. The normalized spacial score (nSPS) is 13.1. The van der Waals surface area contributed by atoms with Crippen molar-refractivity contribution < 1.29 is 4.79 Å². The number of carbonyl (C=O) groups excluding carboxylic acids is 1. The van der Waals surface area contributed by atoms with E-state index >= 15 is 0 Å². The summed E-state index contributed by atoms with van der Waals surface area (Å²) in [6, 6.07) is 3.78. The van der Waals surface area contributed by atoms with Crippen LogP contribution in [0.5, 0.6) is 0 Å². The number of carbonyl (C=O) groups is 1. The molecule has 2 heterocycles. The molecule has 114 valence electrons. The molecule has 2 aromatic rings. The van der Waals surface area contributed by atoms with Gasteiger partial charge in [-0.05, 0) is 37.0 Å². The molecule has 0 saturated carbocycles. The van der Waals surface area contributed by atoms with Gasteiger partial charge in [0.05, 0.1) is 12.3 Å². The zero-order valence-electron chi connectivity index (χ0n) is 12.0. The van der Waals surface area contributed by atoms with Gasteiger partial charge in [-0.3, -0.25) is 14.3 Å². The van der Waals surface area contributed by atoms with Crippen LogP contribution in [0.1, 0.15) is 23.2 Å². The second-order valence-corrected chi connectivity index (χ2v) is 6.14. The van der Waals surface area contributed by atoms with Crippen LogP contribution in [-0.2, 0) is 24.2 Å². The summed E-state index contributed by atoms with van der Waals surface area (Å²) in [5.41, 5.74) is 8.04. The minimum atomic E-state index is -0.403. The van der Waals surface area contributed by atoms with E-state index in [0.717, 1.165) is 36.1 Å². The molecule has 0 atom stereocenters. The number of primary amides is 1. The van der Waals surface area contributed by atoms with E-state index < -0.39 is 5.91 Å². The number of aromatic nitrogens is 3. The summed E-state index contributed by atoms with van der Waals surface area (Å²) >= 11 is 1.25. The van der Waals surface area contributed by atoms with Gasteiger partial charge in [-0.2, -0.15) is 4.98 Å². The highest BCUT2D eigenvalue weighted by molar-refractivity contribution is 7.99. The standard InChI is InChI=1S/C15H16N4O2S/c16-13(20)9-22-14-11-2-1-3-12(11)19(15(21)18-14)8-10-4-6-17-7-5-10/h4-7H,1-3,8-9H2,(H2,16,20). The van der Waals surface area contributed by atoms with E-state index in [1.807, 2.05) is 12.1 Å². The molecule has 0 aliphatic heterocycles. The lowest BCUT2D eigenvalue weighted by molar-refractivity contribution is -0.115. The minimum absolute atomic E-state index is 0.146. The summed E-state index contributed by atoms with van der Waals surface area (Å²) in [4.78, 5) is 31.5. The predicted molar refractivity (Wildman–Crippen MR) is 83.8 cm³/mol. The molecule has 2 aromatic heterocycles. The van der Waals surface area contributed by atoms with Gasteiger partial charge in [-0.1, -0.05) is 11.8 Å². The lowest BCUT2D eigenvalue weighted by Gasteiger charge is -2.13. The fraction of sp³-hybridized carbons (Fsp3) is 0.333. The number of rotatable bonds is 5. The van der Waals surface area contributed by atoms with E-state index in [-0.39, 0.29) is 11.4 Å². The van der Waals surface area contributed by atoms with Gasteiger partial charge in [-0.15, -0.1) is 0 Å². The lowest BCUT2D eigenvalue weighted by Crippen LogP contribution is -2.28. The largest absolute Gasteiger partial charge is 0.369 e. The molecule has 1 aliphatic carbocycles. The monoisotopic (exact) mass is 316 g/mol. The molecular formula is C15H16N4O2S. The molecular weight excluding hydrogens is 300 g/mol. The maximum Gasteiger partial charge on any atom is 0.349 e. The fourth-order valence-corrected chi connectivity index (χ4v) is 3.49. The van der Waals surface area contributed by atoms with Crippen LogP contribution < -0.4 is 11.4 Å². The molecule has 22 heavy (non-hydrogen) atoms. The minimum Gasteiger partial charge on any atom is -0.369 e. The molecule has 7 heteroatoms. The lowest BCUT2D eigenvalue weighted by atomic mass is 10.2. The van der Waals surface area contributed by atoms with E-state index in [9.17, 15) is 9.59 Å². The van der Waals surface area contributed by atoms with Gasteiger partial charge < -0.3 is 5.73 Å². The first-order chi connectivity index (χ1) is 10.6. The van der Waals surface area contributed by atoms with Crippen molar-refractivity contribution in [1.82, 2.24) is 14.5 Å². The highest BCUT2D eigenvalue weighted by Gasteiger charge is 2.22. The third-order valence-corrected chi connectivity index (χ3v) is 4.68. The van der Waals surface area contributed by atoms with Gasteiger partial charge in [0.1, 0.15) is 5.03 Å². The summed E-state index contributed by atoms with van der Waals surface area (Å²) in [6.45, 7) is 0.497. The number of fused-ring (bicyclic) bond motifs is 1. The van der Waals surface area contributed by atoms with Gasteiger partial charge in [0, 0.05) is 23.7 Å². The van der Waals surface area contributed by atoms with Crippen LogP contribution in [0.3, 0.4) is 0 Å². The Balaban J connectivity index is 1.97. The molecule has 0 bridgehead atoms. The van der Waals surface area contributed by atoms with Crippen molar-refractivity contribution in [3.05, 3.63) is 51.8 Å². The average Bonchev–Trinajstić information content (AvgIpc) is 2.99. The van der Waals surface area contributed by atoms with Crippen molar-refractivity contribution in [3.8, 4) is 0 Å². The summed E-state index contributed by atoms with van der Waals surface area (Å²) in [6.07, 6.45) is 6.18. The average molecular weight is 316 g/mol. The highest BCUT2D eigenvalue weighted by Crippen LogP contribution is 2.29. The first-order valence-corrected chi connectivity index (χ1v) is 8.06. The van der Waals surface area contributed by atoms with Crippen molar-refractivity contribution in [2.24, 2.45) is 5.73 Å². The quantitative estimate of drug-likeness (QED) is 0.649. The Labute approximate surface area is 131 Å². The maximum absolute atomic E-state index is 12.4. The SMILES string of the molecule is NC(=O)CSc1nc(=O)n(Cc2ccncc2)c2c1CCC2. The Morgan fingerprint density at radius 1 is 1.32 bits per heavy atom. The van der Waals surface area contributed by atoms with Gasteiger partial charge in [0.2, 0.25) is 5.91 Å². The smallest absolute Gasteiger partial charge is 0.349 e.